The molecule has 0 radical (unpaired) electrons. The maximum absolute atomic E-state index is 11.9. The smallest absolute Gasteiger partial charge is 0.342 e. The molecule has 0 aliphatic carbocycles. The molecule has 0 saturated heterocycles. The molecule has 0 aromatic heterocycles. The lowest BCUT2D eigenvalue weighted by molar-refractivity contribution is -0.137. The van der Waals surface area contributed by atoms with Crippen LogP contribution in [0.4, 0.5) is 0 Å². The average Bonchev–Trinajstić information content (AvgIpc) is 2.90. The van der Waals surface area contributed by atoms with Gasteiger partial charge in [0, 0.05) is 11.1 Å². The molecule has 130 valence electrons. The number of phenols is 1. The van der Waals surface area contributed by atoms with Crippen LogP contribution in [0.5, 0.6) is 11.5 Å². The van der Waals surface area contributed by atoms with E-state index in [0.29, 0.717) is 23.3 Å². The molecule has 2 rings (SSSR count). The van der Waals surface area contributed by atoms with Gasteiger partial charge in [0.05, 0.1) is 13.5 Å². The molecule has 1 aromatic carbocycles. The lowest BCUT2D eigenvalue weighted by atomic mass is 9.93. The average molecular weight is 334 g/mol. The monoisotopic (exact) mass is 334 g/mol. The second-order valence-electron chi connectivity index (χ2n) is 6.07. The van der Waals surface area contributed by atoms with Crippen molar-refractivity contribution in [2.75, 3.05) is 7.11 Å². The van der Waals surface area contributed by atoms with Gasteiger partial charge in [-0.3, -0.25) is 4.79 Å². The van der Waals surface area contributed by atoms with Crippen molar-refractivity contribution in [1.82, 2.24) is 0 Å². The molecule has 2 N–H and O–H groups in total. The number of carbonyl (C=O) groups is 2. The summed E-state index contributed by atoms with van der Waals surface area (Å²) in [7, 11) is 1.51. The fraction of sp³-hybridized carbons (Fsp3) is 0.444. The van der Waals surface area contributed by atoms with Gasteiger partial charge in [0.2, 0.25) is 0 Å². The Morgan fingerprint density at radius 2 is 2.12 bits per heavy atom. The maximum Gasteiger partial charge on any atom is 0.342 e. The Kier molecular flexibility index (Phi) is 5.17. The van der Waals surface area contributed by atoms with Crippen molar-refractivity contribution in [3.8, 4) is 11.5 Å². The molecule has 0 bridgehead atoms. The first-order valence-corrected chi connectivity index (χ1v) is 7.74. The minimum atomic E-state index is -0.855. The molecule has 1 aliphatic rings. The van der Waals surface area contributed by atoms with Crippen molar-refractivity contribution in [2.45, 2.75) is 40.2 Å². The summed E-state index contributed by atoms with van der Waals surface area (Å²) in [5.74, 6) is -1.10. The number of aromatic hydroxyl groups is 1. The van der Waals surface area contributed by atoms with Crippen LogP contribution in [0.1, 0.15) is 47.3 Å². The molecule has 6 nitrogen and oxygen atoms in total. The number of carbonyl (C=O) groups excluding carboxylic acids is 1. The van der Waals surface area contributed by atoms with E-state index in [1.54, 1.807) is 0 Å². The number of aliphatic carboxylic acids is 1. The Morgan fingerprint density at radius 3 is 2.71 bits per heavy atom. The van der Waals surface area contributed by atoms with E-state index in [2.05, 4.69) is 0 Å². The van der Waals surface area contributed by atoms with E-state index < -0.39 is 11.9 Å². The molecule has 6 heteroatoms. The van der Waals surface area contributed by atoms with Crippen LogP contribution in [0.2, 0.25) is 0 Å². The predicted molar refractivity (Wildman–Crippen MR) is 87.4 cm³/mol. The summed E-state index contributed by atoms with van der Waals surface area (Å²) in [6.45, 7) is 5.65. The Labute approximate surface area is 140 Å². The fourth-order valence-electron chi connectivity index (χ4n) is 2.92. The summed E-state index contributed by atoms with van der Waals surface area (Å²) >= 11 is 0. The first-order valence-electron chi connectivity index (χ1n) is 7.74. The number of ether oxygens (including phenoxy) is 2. The number of rotatable bonds is 6. The van der Waals surface area contributed by atoms with E-state index in [4.69, 9.17) is 14.6 Å². The summed E-state index contributed by atoms with van der Waals surface area (Å²) in [6.07, 6.45) is 2.24. The predicted octanol–water partition coefficient (Wildman–Crippen LogP) is 2.98. The summed E-state index contributed by atoms with van der Waals surface area (Å²) in [6, 6.07) is 0. The largest absolute Gasteiger partial charge is 0.507 e. The van der Waals surface area contributed by atoms with Gasteiger partial charge in [-0.15, -0.1) is 0 Å². The number of carboxylic acids is 1. The van der Waals surface area contributed by atoms with E-state index in [9.17, 15) is 14.7 Å². The maximum atomic E-state index is 11.9. The van der Waals surface area contributed by atoms with Gasteiger partial charge in [-0.1, -0.05) is 18.6 Å². The number of fused-ring (bicyclic) bond motifs is 1. The van der Waals surface area contributed by atoms with Crippen molar-refractivity contribution in [3.05, 3.63) is 33.9 Å². The van der Waals surface area contributed by atoms with Crippen LogP contribution >= 0.6 is 0 Å². The van der Waals surface area contributed by atoms with E-state index in [-0.39, 0.29) is 30.3 Å². The molecule has 1 atom stereocenters. The van der Waals surface area contributed by atoms with E-state index in [1.165, 1.54) is 7.11 Å². The van der Waals surface area contributed by atoms with Gasteiger partial charge in [-0.25, -0.2) is 4.79 Å². The zero-order valence-electron chi connectivity index (χ0n) is 14.3. The normalized spacial score (nSPS) is 15.0. The van der Waals surface area contributed by atoms with Crippen molar-refractivity contribution in [1.29, 1.82) is 0 Å². The van der Waals surface area contributed by atoms with Crippen LogP contribution in [-0.4, -0.2) is 29.3 Å². The van der Waals surface area contributed by atoms with Gasteiger partial charge in [0.1, 0.15) is 23.7 Å². The number of methoxy groups -OCH3 is 1. The summed E-state index contributed by atoms with van der Waals surface area (Å²) < 4.78 is 10.4. The number of benzene rings is 1. The SMILES string of the molecule is COc1c(C)c2c(c(O)c1C/C=C(\C)[C@@H](C)CC(=O)O)C(=O)OC2. The summed E-state index contributed by atoms with van der Waals surface area (Å²) in [5.41, 5.74) is 3.04. The lowest BCUT2D eigenvalue weighted by Crippen LogP contribution is -2.06. The van der Waals surface area contributed by atoms with Gasteiger partial charge in [0.25, 0.3) is 0 Å². The van der Waals surface area contributed by atoms with E-state index in [0.717, 1.165) is 11.1 Å². The van der Waals surface area contributed by atoms with E-state index in [1.807, 2.05) is 26.8 Å². The van der Waals surface area contributed by atoms with Crippen molar-refractivity contribution in [2.24, 2.45) is 5.92 Å². The first kappa shape index (κ1) is 17.8. The number of hydrogen-bond acceptors (Lipinski definition) is 5. The van der Waals surface area contributed by atoms with Crippen LogP contribution in [0, 0.1) is 12.8 Å². The Morgan fingerprint density at radius 1 is 1.46 bits per heavy atom. The minimum Gasteiger partial charge on any atom is -0.507 e. The number of cyclic esters (lactones) is 1. The van der Waals surface area contributed by atoms with Gasteiger partial charge in [-0.2, -0.15) is 0 Å². The Bertz CT molecular complexity index is 717. The fourth-order valence-corrected chi connectivity index (χ4v) is 2.92. The van der Waals surface area contributed by atoms with Gasteiger partial charge in [0.15, 0.2) is 0 Å². The standard InChI is InChI=1S/C18H22O6/c1-9(10(2)7-14(19)20)5-6-12-16(21)15-13(8-24-18(15)22)11(3)17(12)23-4/h5,10,21H,6-8H2,1-4H3,(H,19,20)/b9-5+/t10-/m0/s1. The summed E-state index contributed by atoms with van der Waals surface area (Å²) in [5, 5.41) is 19.4. The third-order valence-corrected chi connectivity index (χ3v) is 4.53. The molecule has 0 amide bonds. The highest BCUT2D eigenvalue weighted by Gasteiger charge is 2.31. The number of hydrogen-bond donors (Lipinski definition) is 2. The van der Waals surface area contributed by atoms with Crippen LogP contribution in [0.3, 0.4) is 0 Å². The Balaban J connectivity index is 2.40. The highest BCUT2D eigenvalue weighted by molar-refractivity contribution is 5.98. The molecule has 1 heterocycles. The minimum absolute atomic E-state index is 0.0427. The highest BCUT2D eigenvalue weighted by Crippen LogP contribution is 2.42. The number of carboxylic acid groups (broad SMARTS) is 1. The van der Waals surface area contributed by atoms with Crippen LogP contribution < -0.4 is 4.74 Å². The van der Waals surface area contributed by atoms with Crippen LogP contribution in [0.15, 0.2) is 11.6 Å². The van der Waals surface area contributed by atoms with Crippen molar-refractivity contribution >= 4 is 11.9 Å². The third kappa shape index (κ3) is 3.22. The molecule has 1 aromatic rings. The molecule has 1 aliphatic heterocycles. The van der Waals surface area contributed by atoms with Crippen LogP contribution in [-0.2, 0) is 22.6 Å². The van der Waals surface area contributed by atoms with Crippen molar-refractivity contribution in [3.63, 3.8) is 0 Å². The molecule has 0 saturated carbocycles. The zero-order chi connectivity index (χ0) is 18.0. The quantitative estimate of drug-likeness (QED) is 0.614. The molecule has 0 spiro atoms. The van der Waals surface area contributed by atoms with Gasteiger partial charge in [-0.05, 0) is 31.7 Å². The second kappa shape index (κ2) is 6.95. The Hall–Kier alpha value is -2.50. The summed E-state index contributed by atoms with van der Waals surface area (Å²) in [4.78, 5) is 22.7. The third-order valence-electron chi connectivity index (χ3n) is 4.53. The lowest BCUT2D eigenvalue weighted by Gasteiger charge is -2.16. The van der Waals surface area contributed by atoms with Gasteiger partial charge < -0.3 is 19.7 Å². The number of allylic oxidation sites excluding steroid dienone is 2. The molecule has 0 unspecified atom stereocenters. The molecular weight excluding hydrogens is 312 g/mol. The zero-order valence-corrected chi connectivity index (χ0v) is 14.3. The molecule has 0 fully saturated rings. The highest BCUT2D eigenvalue weighted by atomic mass is 16.5. The number of phenolic OH excluding ortho intramolecular Hbond substituents is 1. The molecular formula is C18H22O6. The second-order valence-corrected chi connectivity index (χ2v) is 6.07. The number of esters is 1. The first-order chi connectivity index (χ1) is 11.3. The van der Waals surface area contributed by atoms with Crippen LogP contribution in [0.25, 0.3) is 0 Å². The van der Waals surface area contributed by atoms with Gasteiger partial charge >= 0.3 is 11.9 Å². The van der Waals surface area contributed by atoms with E-state index >= 15 is 0 Å². The topological polar surface area (TPSA) is 93.1 Å². The van der Waals surface area contributed by atoms with Crippen molar-refractivity contribution < 1.29 is 29.3 Å². The molecule has 24 heavy (non-hydrogen) atoms.